The second kappa shape index (κ2) is 9.70. The molecule has 0 fully saturated rings. The number of nitrogens with zero attached hydrogens (tertiary/aromatic N) is 3. The topological polar surface area (TPSA) is 112 Å². The number of alkyl halides is 3. The van der Waals surface area contributed by atoms with Gasteiger partial charge in [-0.25, -0.2) is 18.1 Å². The minimum absolute atomic E-state index is 0.0713. The maximum Gasteiger partial charge on any atom is 0.573 e. The fourth-order valence-corrected chi connectivity index (χ4v) is 4.25. The molecule has 0 atom stereocenters. The third-order valence-electron chi connectivity index (χ3n) is 4.32. The summed E-state index contributed by atoms with van der Waals surface area (Å²) in [5.41, 5.74) is 1.55. The molecule has 0 unspecified atom stereocenters. The van der Waals surface area contributed by atoms with Crippen LogP contribution in [0.25, 0.3) is 0 Å². The number of anilines is 2. The molecule has 0 aliphatic carbocycles. The second-order valence-corrected chi connectivity index (χ2v) is 9.97. The number of hydrogen-bond acceptors (Lipinski definition) is 8. The molecule has 8 nitrogen and oxygen atoms in total. The lowest BCUT2D eigenvalue weighted by atomic mass is 10.1. The van der Waals surface area contributed by atoms with Gasteiger partial charge in [-0.15, -0.1) is 24.5 Å². The Hall–Kier alpha value is -3.63. The molecule has 3 rings (SSSR count). The third-order valence-corrected chi connectivity index (χ3v) is 5.87. The highest BCUT2D eigenvalue weighted by Crippen LogP contribution is 2.34. The quantitative estimate of drug-likeness (QED) is 0.506. The van der Waals surface area contributed by atoms with Gasteiger partial charge in [0.25, 0.3) is 5.91 Å². The van der Waals surface area contributed by atoms with Crippen LogP contribution in [0, 0.1) is 18.3 Å². The molecule has 0 aliphatic heterocycles. The number of hydrogen-bond donors (Lipinski definition) is 1. The summed E-state index contributed by atoms with van der Waals surface area (Å²) in [4.78, 5) is 18.8. The van der Waals surface area contributed by atoms with E-state index in [1.807, 2.05) is 10.8 Å². The molecule has 1 aromatic heterocycles. The normalized spacial score (nSPS) is 11.5. The lowest BCUT2D eigenvalue weighted by Gasteiger charge is -2.22. The molecule has 0 radical (unpaired) electrons. The molecular formula is C21H17F3N4O4S2. The highest BCUT2D eigenvalue weighted by Gasteiger charge is 2.31. The molecule has 1 heterocycles. The summed E-state index contributed by atoms with van der Waals surface area (Å²) in [5.74, 6) is -1.25. The summed E-state index contributed by atoms with van der Waals surface area (Å²) in [6, 6.07) is 13.8. The highest BCUT2D eigenvalue weighted by atomic mass is 32.2. The van der Waals surface area contributed by atoms with Gasteiger partial charge in [-0.2, -0.15) is 5.26 Å². The van der Waals surface area contributed by atoms with Crippen LogP contribution in [0.15, 0.2) is 48.5 Å². The Labute approximate surface area is 197 Å². The number of nitrogens with one attached hydrogen (secondary N) is 1. The van der Waals surface area contributed by atoms with Crippen molar-refractivity contribution < 1.29 is 31.1 Å². The summed E-state index contributed by atoms with van der Waals surface area (Å²) in [7, 11) is -3.80. The van der Waals surface area contributed by atoms with Crippen LogP contribution in [0.2, 0.25) is 0 Å². The standard InChI is InChI=1S/C21H17F3N4O4S2/c1-13-18(19(29)27-34(2,30)31)26-20(33-13)28(16-7-3-14(11-25)4-8-16)12-15-5-9-17(10-6-15)32-21(22,23)24/h3-10H,12H2,1-2H3,(H,27,29). The van der Waals surface area contributed by atoms with Gasteiger partial charge in [-0.05, 0) is 48.9 Å². The van der Waals surface area contributed by atoms with Gasteiger partial charge < -0.3 is 9.64 Å². The zero-order valence-corrected chi connectivity index (χ0v) is 19.4. The van der Waals surface area contributed by atoms with Crippen molar-refractivity contribution in [1.29, 1.82) is 5.26 Å². The van der Waals surface area contributed by atoms with Crippen molar-refractivity contribution in [3.8, 4) is 11.8 Å². The molecule has 13 heteroatoms. The van der Waals surface area contributed by atoms with Crippen molar-refractivity contribution in [2.75, 3.05) is 11.2 Å². The van der Waals surface area contributed by atoms with E-state index in [1.165, 1.54) is 24.3 Å². The maximum atomic E-state index is 12.4. The van der Waals surface area contributed by atoms with E-state index in [0.717, 1.165) is 17.6 Å². The largest absolute Gasteiger partial charge is 0.573 e. The van der Waals surface area contributed by atoms with Crippen LogP contribution in [0.4, 0.5) is 24.0 Å². The molecule has 1 N–H and O–H groups in total. The molecule has 0 bridgehead atoms. The van der Waals surface area contributed by atoms with Gasteiger partial charge in [0.2, 0.25) is 10.0 Å². The van der Waals surface area contributed by atoms with Crippen LogP contribution in [0.5, 0.6) is 5.75 Å². The van der Waals surface area contributed by atoms with Crippen molar-refractivity contribution in [2.45, 2.75) is 19.8 Å². The molecule has 0 saturated heterocycles. The van der Waals surface area contributed by atoms with E-state index in [1.54, 1.807) is 36.1 Å². The molecule has 1 amide bonds. The van der Waals surface area contributed by atoms with Gasteiger partial charge in [-0.3, -0.25) is 4.79 Å². The number of aromatic nitrogens is 1. The first-order valence-corrected chi connectivity index (χ1v) is 12.2. The monoisotopic (exact) mass is 510 g/mol. The minimum Gasteiger partial charge on any atom is -0.406 e. The Balaban J connectivity index is 1.96. The number of amides is 1. The van der Waals surface area contributed by atoms with E-state index in [4.69, 9.17) is 5.26 Å². The van der Waals surface area contributed by atoms with E-state index < -0.39 is 22.3 Å². The first-order chi connectivity index (χ1) is 15.8. The summed E-state index contributed by atoms with van der Waals surface area (Å²) in [6.45, 7) is 1.76. The van der Waals surface area contributed by atoms with Gasteiger partial charge in [0.05, 0.1) is 24.4 Å². The smallest absolute Gasteiger partial charge is 0.406 e. The van der Waals surface area contributed by atoms with Gasteiger partial charge in [0.1, 0.15) is 11.4 Å². The molecule has 34 heavy (non-hydrogen) atoms. The van der Waals surface area contributed by atoms with Crippen LogP contribution in [0.3, 0.4) is 0 Å². The number of rotatable bonds is 7. The maximum absolute atomic E-state index is 12.4. The molecular weight excluding hydrogens is 493 g/mol. The zero-order chi connectivity index (χ0) is 25.1. The van der Waals surface area contributed by atoms with E-state index in [2.05, 4.69) is 9.72 Å². The SMILES string of the molecule is Cc1sc(N(Cc2ccc(OC(F)(F)F)cc2)c2ccc(C#N)cc2)nc1C(=O)NS(C)(=O)=O. The summed E-state index contributed by atoms with van der Waals surface area (Å²) >= 11 is 1.13. The lowest BCUT2D eigenvalue weighted by molar-refractivity contribution is -0.274. The Morgan fingerprint density at radius 3 is 2.32 bits per heavy atom. The number of thiazole rings is 1. The summed E-state index contributed by atoms with van der Waals surface area (Å²) < 4.78 is 65.9. The Bertz CT molecular complexity index is 1330. The Morgan fingerprint density at radius 2 is 1.79 bits per heavy atom. The van der Waals surface area contributed by atoms with Gasteiger partial charge >= 0.3 is 6.36 Å². The molecule has 3 aromatic rings. The fourth-order valence-electron chi connectivity index (χ4n) is 2.89. The predicted molar refractivity (Wildman–Crippen MR) is 119 cm³/mol. The van der Waals surface area contributed by atoms with Crippen molar-refractivity contribution in [3.63, 3.8) is 0 Å². The fraction of sp³-hybridized carbons (Fsp3) is 0.190. The van der Waals surface area contributed by atoms with Gasteiger partial charge in [0, 0.05) is 10.6 Å². The Kier molecular flexibility index (Phi) is 7.13. The Morgan fingerprint density at radius 1 is 1.18 bits per heavy atom. The molecule has 178 valence electrons. The highest BCUT2D eigenvalue weighted by molar-refractivity contribution is 7.89. The van der Waals surface area contributed by atoms with Crippen LogP contribution in [0.1, 0.15) is 26.5 Å². The third kappa shape index (κ3) is 6.69. The van der Waals surface area contributed by atoms with E-state index >= 15 is 0 Å². The molecule has 0 spiro atoms. The van der Waals surface area contributed by atoms with Crippen LogP contribution < -0.4 is 14.4 Å². The number of sulfonamides is 1. The number of halogens is 3. The summed E-state index contributed by atoms with van der Waals surface area (Å²) in [5, 5.41) is 9.40. The lowest BCUT2D eigenvalue weighted by Crippen LogP contribution is -2.30. The second-order valence-electron chi connectivity index (χ2n) is 7.04. The van der Waals surface area contributed by atoms with E-state index in [0.29, 0.717) is 26.8 Å². The minimum atomic E-state index is -4.81. The summed E-state index contributed by atoms with van der Waals surface area (Å²) in [6.07, 6.45) is -3.96. The van der Waals surface area contributed by atoms with E-state index in [-0.39, 0.29) is 18.0 Å². The number of nitriles is 1. The average molecular weight is 511 g/mol. The van der Waals surface area contributed by atoms with Crippen molar-refractivity contribution in [1.82, 2.24) is 9.71 Å². The van der Waals surface area contributed by atoms with Gasteiger partial charge in [0.15, 0.2) is 5.13 Å². The number of carbonyl (C=O) groups is 1. The predicted octanol–water partition coefficient (Wildman–Crippen LogP) is 4.25. The molecule has 0 saturated carbocycles. The molecule has 0 aliphatic rings. The van der Waals surface area contributed by atoms with Crippen LogP contribution >= 0.6 is 11.3 Å². The van der Waals surface area contributed by atoms with Gasteiger partial charge in [-0.1, -0.05) is 12.1 Å². The first-order valence-electron chi connectivity index (χ1n) is 9.46. The van der Waals surface area contributed by atoms with Crippen LogP contribution in [-0.4, -0.2) is 31.9 Å². The average Bonchev–Trinajstić information content (AvgIpc) is 3.12. The van der Waals surface area contributed by atoms with Crippen molar-refractivity contribution in [3.05, 3.63) is 70.2 Å². The first kappa shape index (κ1) is 25.0. The van der Waals surface area contributed by atoms with Crippen molar-refractivity contribution in [2.24, 2.45) is 0 Å². The van der Waals surface area contributed by atoms with Crippen LogP contribution in [-0.2, 0) is 16.6 Å². The number of benzene rings is 2. The number of carbonyl (C=O) groups excluding carboxylic acids is 1. The number of aryl methyl sites for hydroxylation is 1. The molecule has 2 aromatic carbocycles. The number of ether oxygens (including phenoxy) is 1. The van der Waals surface area contributed by atoms with E-state index in [9.17, 15) is 26.4 Å². The van der Waals surface area contributed by atoms with Crippen molar-refractivity contribution >= 4 is 38.1 Å². The zero-order valence-electron chi connectivity index (χ0n) is 17.8.